The second kappa shape index (κ2) is 8.73. The number of amides is 2. The number of anilines is 2. The standard InChI is InChI=1S/C23H22N4O3/c1-15-12-19(15)23(29)26-18-5-2-4-17(13-18)22(28)27-21-20(6-3-9-25-21)30-14-16-7-10-24-11-8-16/h2-11,13,15,19H,12,14H2,1H3,(H,26,29)(H,25,27,28). The second-order valence-electron chi connectivity index (χ2n) is 7.34. The number of nitrogens with zero attached hydrogens (tertiary/aromatic N) is 2. The van der Waals surface area contributed by atoms with Gasteiger partial charge in [0.2, 0.25) is 5.91 Å². The summed E-state index contributed by atoms with van der Waals surface area (Å²) in [6.07, 6.45) is 5.89. The van der Waals surface area contributed by atoms with Crippen molar-refractivity contribution >= 4 is 23.3 Å². The van der Waals surface area contributed by atoms with Crippen LogP contribution in [0, 0.1) is 11.8 Å². The Morgan fingerprint density at radius 1 is 1.07 bits per heavy atom. The largest absolute Gasteiger partial charge is 0.485 e. The van der Waals surface area contributed by atoms with Crippen LogP contribution < -0.4 is 15.4 Å². The molecule has 30 heavy (non-hydrogen) atoms. The molecule has 0 spiro atoms. The molecule has 0 bridgehead atoms. The van der Waals surface area contributed by atoms with Gasteiger partial charge in [-0.1, -0.05) is 13.0 Å². The fraction of sp³-hybridized carbons (Fsp3) is 0.217. The third-order valence-electron chi connectivity index (χ3n) is 4.98. The Labute approximate surface area is 174 Å². The minimum absolute atomic E-state index is 0.00316. The van der Waals surface area contributed by atoms with E-state index in [2.05, 4.69) is 27.5 Å². The first-order valence-corrected chi connectivity index (χ1v) is 9.79. The lowest BCUT2D eigenvalue weighted by Gasteiger charge is -2.12. The molecule has 1 fully saturated rings. The Kier molecular flexibility index (Phi) is 5.70. The van der Waals surface area contributed by atoms with Crippen LogP contribution in [-0.2, 0) is 11.4 Å². The average molecular weight is 402 g/mol. The van der Waals surface area contributed by atoms with E-state index in [0.717, 1.165) is 12.0 Å². The smallest absolute Gasteiger partial charge is 0.256 e. The lowest BCUT2D eigenvalue weighted by Crippen LogP contribution is -2.16. The van der Waals surface area contributed by atoms with Crippen LogP contribution in [0.1, 0.15) is 29.3 Å². The number of ether oxygens (including phenoxy) is 1. The molecule has 2 N–H and O–H groups in total. The van der Waals surface area contributed by atoms with E-state index in [0.29, 0.717) is 35.3 Å². The van der Waals surface area contributed by atoms with E-state index >= 15 is 0 Å². The monoisotopic (exact) mass is 402 g/mol. The van der Waals surface area contributed by atoms with Gasteiger partial charge in [-0.3, -0.25) is 14.6 Å². The first-order chi connectivity index (χ1) is 14.6. The van der Waals surface area contributed by atoms with E-state index < -0.39 is 0 Å². The van der Waals surface area contributed by atoms with Gasteiger partial charge in [-0.25, -0.2) is 4.98 Å². The van der Waals surface area contributed by atoms with Gasteiger partial charge in [0.25, 0.3) is 5.91 Å². The van der Waals surface area contributed by atoms with E-state index in [1.807, 2.05) is 12.1 Å². The van der Waals surface area contributed by atoms with Crippen molar-refractivity contribution < 1.29 is 14.3 Å². The maximum atomic E-state index is 12.7. The van der Waals surface area contributed by atoms with Crippen molar-refractivity contribution in [1.82, 2.24) is 9.97 Å². The average Bonchev–Trinajstić information content (AvgIpc) is 3.51. The zero-order chi connectivity index (χ0) is 20.9. The van der Waals surface area contributed by atoms with Crippen LogP contribution in [0.4, 0.5) is 11.5 Å². The van der Waals surface area contributed by atoms with Crippen LogP contribution in [0.5, 0.6) is 5.75 Å². The van der Waals surface area contributed by atoms with Crippen LogP contribution >= 0.6 is 0 Å². The van der Waals surface area contributed by atoms with Crippen LogP contribution in [0.25, 0.3) is 0 Å². The third kappa shape index (κ3) is 4.81. The molecule has 1 saturated carbocycles. The summed E-state index contributed by atoms with van der Waals surface area (Å²) in [5, 5.41) is 5.66. The first-order valence-electron chi connectivity index (χ1n) is 9.79. The normalized spacial score (nSPS) is 17.1. The minimum Gasteiger partial charge on any atom is -0.485 e. The van der Waals surface area contributed by atoms with Crippen LogP contribution in [0.15, 0.2) is 67.1 Å². The summed E-state index contributed by atoms with van der Waals surface area (Å²) in [6, 6.07) is 14.1. The number of pyridine rings is 2. The van der Waals surface area contributed by atoms with E-state index in [-0.39, 0.29) is 17.7 Å². The van der Waals surface area contributed by atoms with E-state index in [1.54, 1.807) is 55.0 Å². The SMILES string of the molecule is CC1CC1C(=O)Nc1cccc(C(=O)Nc2ncccc2OCc2ccncc2)c1. The maximum Gasteiger partial charge on any atom is 0.256 e. The summed E-state index contributed by atoms with van der Waals surface area (Å²) in [4.78, 5) is 33.1. The molecule has 2 aromatic heterocycles. The van der Waals surface area contributed by atoms with E-state index in [4.69, 9.17) is 4.74 Å². The summed E-state index contributed by atoms with van der Waals surface area (Å²) in [5.74, 6) is 0.949. The summed E-state index contributed by atoms with van der Waals surface area (Å²) < 4.78 is 5.82. The molecule has 2 unspecified atom stereocenters. The number of nitrogens with one attached hydrogen (secondary N) is 2. The second-order valence-corrected chi connectivity index (χ2v) is 7.34. The van der Waals surface area contributed by atoms with Crippen molar-refractivity contribution in [2.75, 3.05) is 10.6 Å². The molecule has 2 atom stereocenters. The van der Waals surface area contributed by atoms with Gasteiger partial charge < -0.3 is 15.4 Å². The molecule has 1 aliphatic rings. The molecule has 4 rings (SSSR count). The number of carbonyl (C=O) groups is 2. The van der Waals surface area contributed by atoms with Crippen LogP contribution in [0.3, 0.4) is 0 Å². The first kappa shape index (κ1) is 19.6. The molecule has 0 aliphatic heterocycles. The van der Waals surface area contributed by atoms with Gasteiger partial charge in [-0.15, -0.1) is 0 Å². The maximum absolute atomic E-state index is 12.7. The molecule has 0 saturated heterocycles. The van der Waals surface area contributed by atoms with Crippen molar-refractivity contribution in [3.63, 3.8) is 0 Å². The molecule has 2 heterocycles. The molecule has 0 radical (unpaired) electrons. The highest BCUT2D eigenvalue weighted by Gasteiger charge is 2.39. The minimum atomic E-state index is -0.335. The highest BCUT2D eigenvalue weighted by atomic mass is 16.5. The molecular formula is C23H22N4O3. The van der Waals surface area contributed by atoms with Crippen molar-refractivity contribution in [1.29, 1.82) is 0 Å². The molecule has 7 heteroatoms. The van der Waals surface area contributed by atoms with Gasteiger partial charge in [0.05, 0.1) is 0 Å². The van der Waals surface area contributed by atoms with Gasteiger partial charge in [0.15, 0.2) is 11.6 Å². The number of carbonyl (C=O) groups excluding carboxylic acids is 2. The van der Waals surface area contributed by atoms with Gasteiger partial charge >= 0.3 is 0 Å². The van der Waals surface area contributed by atoms with Gasteiger partial charge in [-0.2, -0.15) is 0 Å². The van der Waals surface area contributed by atoms with Crippen LogP contribution in [-0.4, -0.2) is 21.8 Å². The highest BCUT2D eigenvalue weighted by Crippen LogP contribution is 2.38. The predicted molar refractivity (Wildman–Crippen MR) is 113 cm³/mol. The van der Waals surface area contributed by atoms with Gasteiger partial charge in [0, 0.05) is 35.8 Å². The van der Waals surface area contributed by atoms with Crippen molar-refractivity contribution in [2.45, 2.75) is 20.0 Å². The molecule has 7 nitrogen and oxygen atoms in total. The number of aromatic nitrogens is 2. The van der Waals surface area contributed by atoms with E-state index in [9.17, 15) is 9.59 Å². The number of hydrogen-bond acceptors (Lipinski definition) is 5. The quantitative estimate of drug-likeness (QED) is 0.625. The summed E-state index contributed by atoms with van der Waals surface area (Å²) in [5.41, 5.74) is 1.98. The Balaban J connectivity index is 1.42. The molecule has 3 aromatic rings. The lowest BCUT2D eigenvalue weighted by molar-refractivity contribution is -0.117. The Morgan fingerprint density at radius 3 is 2.63 bits per heavy atom. The summed E-state index contributed by atoms with van der Waals surface area (Å²) in [7, 11) is 0. The molecule has 2 amide bonds. The fourth-order valence-electron chi connectivity index (χ4n) is 3.08. The van der Waals surface area contributed by atoms with Crippen molar-refractivity contribution in [3.05, 3.63) is 78.2 Å². The van der Waals surface area contributed by atoms with Crippen LogP contribution in [0.2, 0.25) is 0 Å². The summed E-state index contributed by atoms with van der Waals surface area (Å²) >= 11 is 0. The van der Waals surface area contributed by atoms with Crippen molar-refractivity contribution in [3.8, 4) is 5.75 Å². The molecule has 152 valence electrons. The topological polar surface area (TPSA) is 93.2 Å². The van der Waals surface area contributed by atoms with E-state index in [1.165, 1.54) is 0 Å². The highest BCUT2D eigenvalue weighted by molar-refractivity contribution is 6.05. The Bertz CT molecular complexity index is 1060. The zero-order valence-corrected chi connectivity index (χ0v) is 16.5. The zero-order valence-electron chi connectivity index (χ0n) is 16.5. The third-order valence-corrected chi connectivity index (χ3v) is 4.98. The lowest BCUT2D eigenvalue weighted by atomic mass is 10.2. The number of rotatable bonds is 7. The molecule has 1 aliphatic carbocycles. The van der Waals surface area contributed by atoms with Gasteiger partial charge in [0.1, 0.15) is 6.61 Å². The Morgan fingerprint density at radius 2 is 1.87 bits per heavy atom. The number of hydrogen-bond donors (Lipinski definition) is 2. The Hall–Kier alpha value is -3.74. The summed E-state index contributed by atoms with van der Waals surface area (Å²) in [6.45, 7) is 2.38. The molecular weight excluding hydrogens is 380 g/mol. The number of benzene rings is 1. The molecule has 1 aromatic carbocycles. The fourth-order valence-corrected chi connectivity index (χ4v) is 3.08. The predicted octanol–water partition coefficient (Wildman–Crippen LogP) is 3.90. The van der Waals surface area contributed by atoms with Gasteiger partial charge in [-0.05, 0) is 60.4 Å². The van der Waals surface area contributed by atoms with Crippen molar-refractivity contribution in [2.24, 2.45) is 11.8 Å².